The van der Waals surface area contributed by atoms with Gasteiger partial charge in [-0.25, -0.2) is 0 Å². The maximum Gasteiger partial charge on any atom is 0.237 e. The molecule has 0 aliphatic carbocycles. The maximum absolute atomic E-state index is 12.9. The number of nitrogens with one attached hydrogen (secondary N) is 1. The largest absolute Gasteiger partial charge is 0.378 e. The Hall–Kier alpha value is -2.55. The summed E-state index contributed by atoms with van der Waals surface area (Å²) in [6.45, 7) is 3.32. The number of carbonyl (C=O) groups is 1. The molecule has 1 aliphatic rings. The number of ether oxygens (including phenoxy) is 1. The number of carbonyl (C=O) groups excluding carboxylic acids is 1. The van der Waals surface area contributed by atoms with E-state index in [1.54, 1.807) is 11.8 Å². The molecule has 0 bridgehead atoms. The summed E-state index contributed by atoms with van der Waals surface area (Å²) in [6.07, 6.45) is 0.573. The van der Waals surface area contributed by atoms with Crippen LogP contribution in [0.25, 0.3) is 0 Å². The molecule has 8 heteroatoms. The van der Waals surface area contributed by atoms with Crippen LogP contribution in [0.1, 0.15) is 12.0 Å². The van der Waals surface area contributed by atoms with E-state index in [2.05, 4.69) is 58.7 Å². The molecule has 0 saturated heterocycles. The molecule has 36 heavy (non-hydrogen) atoms. The number of benzene rings is 3. The lowest BCUT2D eigenvalue weighted by atomic mass is 10.1. The number of amides is 1. The highest BCUT2D eigenvalue weighted by molar-refractivity contribution is 7.99. The first-order valence-electron chi connectivity index (χ1n) is 12.2. The van der Waals surface area contributed by atoms with Gasteiger partial charge < -0.3 is 20.7 Å². The van der Waals surface area contributed by atoms with Gasteiger partial charge in [-0.1, -0.05) is 65.8 Å². The van der Waals surface area contributed by atoms with Crippen LogP contribution in [-0.2, 0) is 16.1 Å². The van der Waals surface area contributed by atoms with E-state index in [1.165, 1.54) is 21.2 Å². The normalized spacial score (nSPS) is 13.3. The van der Waals surface area contributed by atoms with Crippen LogP contribution >= 0.6 is 23.4 Å². The second-order valence-electron chi connectivity index (χ2n) is 8.68. The quantitative estimate of drug-likeness (QED) is 0.327. The molecule has 1 aliphatic heterocycles. The van der Waals surface area contributed by atoms with Crippen molar-refractivity contribution in [2.45, 2.75) is 28.8 Å². The van der Waals surface area contributed by atoms with Crippen LogP contribution in [0.5, 0.6) is 0 Å². The van der Waals surface area contributed by atoms with Gasteiger partial charge in [0.25, 0.3) is 0 Å². The van der Waals surface area contributed by atoms with Crippen molar-refractivity contribution in [2.75, 3.05) is 44.8 Å². The fraction of sp³-hybridized carbons (Fsp3) is 0.321. The van der Waals surface area contributed by atoms with Gasteiger partial charge in [-0.15, -0.1) is 0 Å². The monoisotopic (exact) mass is 524 g/mol. The fourth-order valence-corrected chi connectivity index (χ4v) is 5.59. The predicted molar refractivity (Wildman–Crippen MR) is 148 cm³/mol. The highest BCUT2D eigenvalue weighted by Crippen LogP contribution is 2.47. The zero-order valence-electron chi connectivity index (χ0n) is 20.5. The van der Waals surface area contributed by atoms with Crippen LogP contribution in [-0.4, -0.2) is 56.7 Å². The molecular weight excluding hydrogens is 492 g/mol. The van der Waals surface area contributed by atoms with Crippen LogP contribution in [0.4, 0.5) is 11.4 Å². The maximum atomic E-state index is 12.9. The number of fused-ring (bicyclic) bond motifs is 2. The number of likely N-dealkylation sites (N-methyl/N-ethyl adjacent to an activating group) is 1. The van der Waals surface area contributed by atoms with Gasteiger partial charge >= 0.3 is 0 Å². The zero-order chi connectivity index (χ0) is 25.3. The van der Waals surface area contributed by atoms with Gasteiger partial charge in [0.15, 0.2) is 0 Å². The molecule has 0 saturated carbocycles. The standard InChI is InChI=1S/C28H33ClN4O2S/c1-32(25(14-15-30)28(34)31-20-21-8-2-3-9-22(21)29)16-18-35-19-17-33-23-10-4-6-12-26(23)36-27-13-7-5-11-24(27)33/h2-13,25H,14-20,30H2,1H3,(H,31,34). The molecule has 0 fully saturated rings. The molecule has 6 nitrogen and oxygen atoms in total. The van der Waals surface area contributed by atoms with E-state index in [0.717, 1.165) is 12.1 Å². The molecule has 1 amide bonds. The van der Waals surface area contributed by atoms with E-state index in [9.17, 15) is 4.79 Å². The van der Waals surface area contributed by atoms with E-state index in [1.807, 2.05) is 36.2 Å². The molecule has 0 aromatic heterocycles. The Morgan fingerprint density at radius 2 is 1.67 bits per heavy atom. The summed E-state index contributed by atoms with van der Waals surface area (Å²) >= 11 is 8.02. The molecular formula is C28H33ClN4O2S. The molecule has 3 N–H and O–H groups in total. The summed E-state index contributed by atoms with van der Waals surface area (Å²) in [7, 11) is 1.94. The van der Waals surface area contributed by atoms with Gasteiger partial charge in [0.05, 0.1) is 30.6 Å². The highest BCUT2D eigenvalue weighted by atomic mass is 35.5. The van der Waals surface area contributed by atoms with Gasteiger partial charge in [-0.05, 0) is 55.9 Å². The number of halogens is 1. The van der Waals surface area contributed by atoms with E-state index >= 15 is 0 Å². The second-order valence-corrected chi connectivity index (χ2v) is 10.2. The van der Waals surface area contributed by atoms with Crippen molar-refractivity contribution in [1.29, 1.82) is 0 Å². The summed E-state index contributed by atoms with van der Waals surface area (Å²) < 4.78 is 6.02. The number of hydrogen-bond acceptors (Lipinski definition) is 6. The first kappa shape index (κ1) is 26.5. The van der Waals surface area contributed by atoms with Crippen molar-refractivity contribution < 1.29 is 9.53 Å². The Labute approximate surface area is 222 Å². The Morgan fingerprint density at radius 3 is 2.33 bits per heavy atom. The number of nitrogens with zero attached hydrogens (tertiary/aromatic N) is 2. The van der Waals surface area contributed by atoms with E-state index in [0.29, 0.717) is 44.3 Å². The third kappa shape index (κ3) is 6.60. The van der Waals surface area contributed by atoms with Crippen molar-refractivity contribution in [3.8, 4) is 0 Å². The number of para-hydroxylation sites is 2. The van der Waals surface area contributed by atoms with Gasteiger partial charge in [0, 0.05) is 34.4 Å². The zero-order valence-corrected chi connectivity index (χ0v) is 22.1. The summed E-state index contributed by atoms with van der Waals surface area (Å²) in [4.78, 5) is 19.7. The Kier molecular flexibility index (Phi) is 9.67. The lowest BCUT2D eigenvalue weighted by Gasteiger charge is -2.32. The smallest absolute Gasteiger partial charge is 0.237 e. The van der Waals surface area contributed by atoms with Crippen molar-refractivity contribution in [3.63, 3.8) is 0 Å². The van der Waals surface area contributed by atoms with Crippen molar-refractivity contribution in [2.24, 2.45) is 5.73 Å². The molecule has 0 radical (unpaired) electrons. The lowest BCUT2D eigenvalue weighted by Crippen LogP contribution is -2.47. The third-order valence-corrected chi connectivity index (χ3v) is 7.76. The molecule has 3 aromatic rings. The van der Waals surface area contributed by atoms with Crippen LogP contribution in [0, 0.1) is 0 Å². The fourth-order valence-electron chi connectivity index (χ4n) is 4.30. The second kappa shape index (κ2) is 13.1. The van der Waals surface area contributed by atoms with Crippen molar-refractivity contribution in [3.05, 3.63) is 83.4 Å². The Morgan fingerprint density at radius 1 is 1.03 bits per heavy atom. The number of hydrogen-bond donors (Lipinski definition) is 2. The summed E-state index contributed by atoms with van der Waals surface area (Å²) in [5.41, 5.74) is 9.12. The van der Waals surface area contributed by atoms with Gasteiger partial charge in [0.1, 0.15) is 0 Å². The van der Waals surface area contributed by atoms with Crippen molar-refractivity contribution >= 4 is 40.6 Å². The number of rotatable bonds is 12. The van der Waals surface area contributed by atoms with Crippen LogP contribution in [0.3, 0.4) is 0 Å². The minimum atomic E-state index is -0.320. The average Bonchev–Trinajstić information content (AvgIpc) is 2.90. The number of anilines is 2. The first-order chi connectivity index (χ1) is 17.6. The third-order valence-electron chi connectivity index (χ3n) is 6.27. The SMILES string of the molecule is CN(CCOCCN1c2ccccc2Sc2ccccc21)C(CCN)C(=O)NCc1ccccc1Cl. The van der Waals surface area contributed by atoms with E-state index in [4.69, 9.17) is 22.1 Å². The topological polar surface area (TPSA) is 70.8 Å². The lowest BCUT2D eigenvalue weighted by molar-refractivity contribution is -0.126. The van der Waals surface area contributed by atoms with Gasteiger partial charge in [0.2, 0.25) is 5.91 Å². The van der Waals surface area contributed by atoms with Gasteiger partial charge in [-0.2, -0.15) is 0 Å². The molecule has 4 rings (SSSR count). The molecule has 0 spiro atoms. The summed E-state index contributed by atoms with van der Waals surface area (Å²) in [5, 5.41) is 3.64. The molecule has 1 atom stereocenters. The first-order valence-corrected chi connectivity index (χ1v) is 13.4. The van der Waals surface area contributed by atoms with Crippen LogP contribution < -0.4 is 16.0 Å². The molecule has 1 unspecified atom stereocenters. The minimum absolute atomic E-state index is 0.0538. The summed E-state index contributed by atoms with van der Waals surface area (Å²) in [5.74, 6) is -0.0538. The minimum Gasteiger partial charge on any atom is -0.378 e. The molecule has 190 valence electrons. The van der Waals surface area contributed by atoms with Crippen molar-refractivity contribution in [1.82, 2.24) is 10.2 Å². The van der Waals surface area contributed by atoms with Gasteiger partial charge in [-0.3, -0.25) is 9.69 Å². The van der Waals surface area contributed by atoms with Crippen LogP contribution in [0.2, 0.25) is 5.02 Å². The molecule has 1 heterocycles. The predicted octanol–water partition coefficient (Wildman–Crippen LogP) is 4.92. The number of nitrogens with two attached hydrogens (primary N) is 1. The highest BCUT2D eigenvalue weighted by Gasteiger charge is 2.24. The average molecular weight is 525 g/mol. The molecule has 3 aromatic carbocycles. The van der Waals surface area contributed by atoms with E-state index in [-0.39, 0.29) is 11.9 Å². The summed E-state index contributed by atoms with van der Waals surface area (Å²) in [6, 6.07) is 24.1. The van der Waals surface area contributed by atoms with Crippen LogP contribution in [0.15, 0.2) is 82.6 Å². The van der Waals surface area contributed by atoms with E-state index < -0.39 is 0 Å². The Balaban J connectivity index is 1.27. The Bertz CT molecular complexity index is 1120.